The second kappa shape index (κ2) is 9.50. The number of thioether (sulfide) groups is 2. The molecule has 3 nitrogen and oxygen atoms in total. The third-order valence-electron chi connectivity index (χ3n) is 5.13. The van der Waals surface area contributed by atoms with Crippen LogP contribution in [0.15, 0.2) is 88.7 Å². The van der Waals surface area contributed by atoms with Gasteiger partial charge in [-0.2, -0.15) is 0 Å². The van der Waals surface area contributed by atoms with Gasteiger partial charge in [0.05, 0.1) is 5.56 Å². The van der Waals surface area contributed by atoms with Crippen LogP contribution in [-0.2, 0) is 6.61 Å². The van der Waals surface area contributed by atoms with Gasteiger partial charge >= 0.3 is 5.97 Å². The first-order valence-electron chi connectivity index (χ1n) is 9.80. The summed E-state index contributed by atoms with van der Waals surface area (Å²) in [5, 5.41) is 11.9. The number of fused-ring (bicyclic) bond motifs is 1. The van der Waals surface area contributed by atoms with Gasteiger partial charge in [-0.05, 0) is 47.2 Å². The van der Waals surface area contributed by atoms with E-state index < -0.39 is 5.97 Å². The minimum absolute atomic E-state index is 0.241. The second-order valence-electron chi connectivity index (χ2n) is 7.00. The first kappa shape index (κ1) is 21.3. The molecule has 1 N–H and O–H groups in total. The molecule has 31 heavy (non-hydrogen) atoms. The predicted octanol–water partition coefficient (Wildman–Crippen LogP) is 7.23. The summed E-state index contributed by atoms with van der Waals surface area (Å²) >= 11 is 3.34. The van der Waals surface area contributed by atoms with Crippen molar-refractivity contribution in [2.24, 2.45) is 0 Å². The van der Waals surface area contributed by atoms with Crippen molar-refractivity contribution in [3.05, 3.63) is 90.0 Å². The van der Waals surface area contributed by atoms with Crippen LogP contribution in [0.4, 0.5) is 0 Å². The fraction of sp³-hybridized carbons (Fsp3) is 0.115. The number of carboxylic acids is 1. The Labute approximate surface area is 190 Å². The van der Waals surface area contributed by atoms with E-state index in [9.17, 15) is 9.90 Å². The molecule has 0 aliphatic carbocycles. The van der Waals surface area contributed by atoms with E-state index in [2.05, 4.69) is 18.4 Å². The molecule has 0 aliphatic rings. The van der Waals surface area contributed by atoms with E-state index in [1.165, 1.54) is 0 Å². The Morgan fingerprint density at radius 3 is 2.00 bits per heavy atom. The van der Waals surface area contributed by atoms with Gasteiger partial charge in [-0.15, -0.1) is 23.5 Å². The van der Waals surface area contributed by atoms with Crippen molar-refractivity contribution in [3.8, 4) is 16.9 Å². The molecule has 4 rings (SSSR count). The highest BCUT2D eigenvalue weighted by Crippen LogP contribution is 2.42. The smallest absolute Gasteiger partial charge is 0.336 e. The van der Waals surface area contributed by atoms with Crippen LogP contribution in [0, 0.1) is 0 Å². The van der Waals surface area contributed by atoms with Crippen molar-refractivity contribution in [3.63, 3.8) is 0 Å². The number of rotatable bonds is 7. The average molecular weight is 447 g/mol. The van der Waals surface area contributed by atoms with Gasteiger partial charge < -0.3 is 9.84 Å². The zero-order chi connectivity index (χ0) is 21.8. The van der Waals surface area contributed by atoms with Gasteiger partial charge in [0.15, 0.2) is 0 Å². The van der Waals surface area contributed by atoms with Crippen LogP contribution in [0.2, 0.25) is 0 Å². The molecule has 4 aromatic carbocycles. The molecule has 5 heteroatoms. The Balaban J connectivity index is 1.98. The van der Waals surface area contributed by atoms with Gasteiger partial charge in [-0.3, -0.25) is 0 Å². The normalized spacial score (nSPS) is 10.9. The number of carbonyl (C=O) groups is 1. The first-order valence-corrected chi connectivity index (χ1v) is 12.3. The summed E-state index contributed by atoms with van der Waals surface area (Å²) < 4.78 is 6.18. The summed E-state index contributed by atoms with van der Waals surface area (Å²) in [5.74, 6) is -0.385. The van der Waals surface area contributed by atoms with Crippen LogP contribution < -0.4 is 4.74 Å². The van der Waals surface area contributed by atoms with Crippen LogP contribution >= 0.6 is 23.5 Å². The van der Waals surface area contributed by atoms with Crippen LogP contribution in [0.1, 0.15) is 15.9 Å². The van der Waals surface area contributed by atoms with Gasteiger partial charge in [0.1, 0.15) is 12.4 Å². The minimum atomic E-state index is -0.968. The maximum Gasteiger partial charge on any atom is 0.336 e. The maximum atomic E-state index is 12.3. The van der Waals surface area contributed by atoms with E-state index in [4.69, 9.17) is 4.74 Å². The maximum absolute atomic E-state index is 12.3. The number of ether oxygens (including phenoxy) is 1. The zero-order valence-corrected chi connectivity index (χ0v) is 18.9. The predicted molar refractivity (Wildman–Crippen MR) is 131 cm³/mol. The molecule has 0 atom stereocenters. The lowest BCUT2D eigenvalue weighted by atomic mass is 9.92. The Kier molecular flexibility index (Phi) is 6.54. The van der Waals surface area contributed by atoms with Gasteiger partial charge in [0, 0.05) is 20.7 Å². The van der Waals surface area contributed by atoms with Crippen LogP contribution in [-0.4, -0.2) is 23.6 Å². The number of hydrogen-bond acceptors (Lipinski definition) is 4. The standard InChI is InChI=1S/C26H22O3S2/c1-30-23-14-19-20(15-24(23)31-2)25(18-11-7-4-8-12-18)21(26(27)28)13-22(19)29-16-17-9-5-3-6-10-17/h3-15H,16H2,1-2H3,(H,27,28). The number of aromatic carboxylic acids is 1. The fourth-order valence-corrected chi connectivity index (χ4v) is 5.15. The third-order valence-corrected chi connectivity index (χ3v) is 6.82. The molecular formula is C26H22O3S2. The summed E-state index contributed by atoms with van der Waals surface area (Å²) in [6.45, 7) is 0.374. The lowest BCUT2D eigenvalue weighted by molar-refractivity contribution is 0.0697. The molecule has 156 valence electrons. The van der Waals surface area contributed by atoms with Crippen molar-refractivity contribution >= 4 is 40.3 Å². The molecule has 0 heterocycles. The summed E-state index contributed by atoms with van der Waals surface area (Å²) in [6, 6.07) is 25.5. The Morgan fingerprint density at radius 1 is 0.839 bits per heavy atom. The fourth-order valence-electron chi connectivity index (χ4n) is 3.66. The monoisotopic (exact) mass is 446 g/mol. The highest BCUT2D eigenvalue weighted by molar-refractivity contribution is 8.01. The topological polar surface area (TPSA) is 46.5 Å². The van der Waals surface area contributed by atoms with E-state index >= 15 is 0 Å². The molecule has 0 bridgehead atoms. The van der Waals surface area contributed by atoms with Crippen molar-refractivity contribution < 1.29 is 14.6 Å². The third kappa shape index (κ3) is 4.43. The molecule has 0 saturated heterocycles. The lowest BCUT2D eigenvalue weighted by Gasteiger charge is -2.18. The largest absolute Gasteiger partial charge is 0.488 e. The number of carboxylic acid groups (broad SMARTS) is 1. The van der Waals surface area contributed by atoms with Crippen LogP contribution in [0.5, 0.6) is 5.75 Å². The van der Waals surface area contributed by atoms with Crippen LogP contribution in [0.25, 0.3) is 21.9 Å². The lowest BCUT2D eigenvalue weighted by Crippen LogP contribution is -2.04. The quantitative estimate of drug-likeness (QED) is 0.304. The molecule has 0 aromatic heterocycles. The van der Waals surface area contributed by atoms with Crippen molar-refractivity contribution in [2.45, 2.75) is 16.4 Å². The molecule has 0 aliphatic heterocycles. The van der Waals surface area contributed by atoms with E-state index in [1.807, 2.05) is 66.9 Å². The second-order valence-corrected chi connectivity index (χ2v) is 8.69. The average Bonchev–Trinajstić information content (AvgIpc) is 2.82. The number of hydrogen-bond donors (Lipinski definition) is 1. The Hall–Kier alpha value is -2.89. The van der Waals surface area contributed by atoms with Crippen LogP contribution in [0.3, 0.4) is 0 Å². The van der Waals surface area contributed by atoms with E-state index in [1.54, 1.807) is 29.6 Å². The molecule has 0 unspecified atom stereocenters. The van der Waals surface area contributed by atoms with Gasteiger partial charge in [0.25, 0.3) is 0 Å². The van der Waals surface area contributed by atoms with Crippen molar-refractivity contribution in [2.75, 3.05) is 12.5 Å². The zero-order valence-electron chi connectivity index (χ0n) is 17.3. The summed E-state index contributed by atoms with van der Waals surface area (Å²) in [5.41, 5.74) is 2.87. The van der Waals surface area contributed by atoms with Crippen molar-refractivity contribution in [1.82, 2.24) is 0 Å². The van der Waals surface area contributed by atoms with Gasteiger partial charge in [-0.1, -0.05) is 60.7 Å². The highest BCUT2D eigenvalue weighted by Gasteiger charge is 2.21. The molecule has 4 aromatic rings. The Bertz CT molecular complexity index is 1220. The van der Waals surface area contributed by atoms with E-state index in [-0.39, 0.29) is 5.56 Å². The molecule has 0 spiro atoms. The minimum Gasteiger partial charge on any atom is -0.488 e. The molecule has 0 saturated carbocycles. The van der Waals surface area contributed by atoms with Gasteiger partial charge in [-0.25, -0.2) is 4.79 Å². The van der Waals surface area contributed by atoms with Gasteiger partial charge in [0.2, 0.25) is 0 Å². The highest BCUT2D eigenvalue weighted by atomic mass is 32.2. The molecule has 0 amide bonds. The SMILES string of the molecule is CSc1cc2c(OCc3ccccc3)cc(C(=O)O)c(-c3ccccc3)c2cc1SC. The summed E-state index contributed by atoms with van der Waals surface area (Å²) in [6.07, 6.45) is 4.09. The summed E-state index contributed by atoms with van der Waals surface area (Å²) in [4.78, 5) is 14.5. The van der Waals surface area contributed by atoms with E-state index in [0.717, 1.165) is 37.3 Å². The number of benzene rings is 4. The molecular weight excluding hydrogens is 424 g/mol. The first-order chi connectivity index (χ1) is 15.1. The summed E-state index contributed by atoms with van der Waals surface area (Å²) in [7, 11) is 0. The molecule has 0 fully saturated rings. The molecule has 0 radical (unpaired) electrons. The Morgan fingerprint density at radius 2 is 1.42 bits per heavy atom. The van der Waals surface area contributed by atoms with E-state index in [0.29, 0.717) is 12.4 Å². The van der Waals surface area contributed by atoms with Crippen molar-refractivity contribution in [1.29, 1.82) is 0 Å².